The molecule has 1 saturated heterocycles. The molecular weight excluding hydrogens is 316 g/mol. The van der Waals surface area contributed by atoms with Gasteiger partial charge in [-0.3, -0.25) is 4.90 Å². The van der Waals surface area contributed by atoms with Crippen LogP contribution in [-0.2, 0) is 13.0 Å². The van der Waals surface area contributed by atoms with Crippen molar-refractivity contribution in [3.05, 3.63) is 28.7 Å². The predicted molar refractivity (Wildman–Crippen MR) is 96.6 cm³/mol. The highest BCUT2D eigenvalue weighted by Crippen LogP contribution is 2.20. The maximum absolute atomic E-state index is 5.04. The fourth-order valence-electron chi connectivity index (χ4n) is 3.28. The van der Waals surface area contributed by atoms with Gasteiger partial charge in [0.05, 0.1) is 6.54 Å². The molecule has 1 fully saturated rings. The van der Waals surface area contributed by atoms with Crippen molar-refractivity contribution in [2.24, 2.45) is 5.92 Å². The summed E-state index contributed by atoms with van der Waals surface area (Å²) in [6, 6.07) is 0. The lowest BCUT2D eigenvalue weighted by molar-refractivity contribution is 0.239. The molecule has 3 rings (SSSR count). The predicted octanol–water partition coefficient (Wildman–Crippen LogP) is 2.31. The molecule has 25 heavy (non-hydrogen) atoms. The van der Waals surface area contributed by atoms with Gasteiger partial charge in [0.1, 0.15) is 0 Å². The summed E-state index contributed by atoms with van der Waals surface area (Å²) in [7, 11) is 0. The van der Waals surface area contributed by atoms with Crippen molar-refractivity contribution in [3.63, 3.8) is 0 Å². The van der Waals surface area contributed by atoms with Crippen molar-refractivity contribution in [3.8, 4) is 0 Å². The minimum Gasteiger partial charge on any atom is -0.340 e. The molecule has 0 aromatic carbocycles. The fraction of sp³-hybridized carbons (Fsp3) is 0.667. The van der Waals surface area contributed by atoms with Gasteiger partial charge in [-0.2, -0.15) is 4.98 Å². The van der Waals surface area contributed by atoms with Gasteiger partial charge in [0.25, 0.3) is 0 Å². The lowest BCUT2D eigenvalue weighted by Crippen LogP contribution is -2.46. The number of aromatic nitrogens is 4. The fourth-order valence-corrected chi connectivity index (χ4v) is 3.28. The molecule has 0 bridgehead atoms. The lowest BCUT2D eigenvalue weighted by Gasteiger charge is -2.34. The molecular formula is C18H28N6O. The van der Waals surface area contributed by atoms with E-state index in [2.05, 4.69) is 47.6 Å². The number of hydrogen-bond acceptors (Lipinski definition) is 7. The van der Waals surface area contributed by atoms with Gasteiger partial charge in [-0.15, -0.1) is 0 Å². The molecule has 0 unspecified atom stereocenters. The van der Waals surface area contributed by atoms with Gasteiger partial charge in [-0.25, -0.2) is 9.97 Å². The number of piperazine rings is 1. The average Bonchev–Trinajstić information content (AvgIpc) is 2.96. The van der Waals surface area contributed by atoms with Crippen molar-refractivity contribution in [1.82, 2.24) is 25.0 Å². The normalized spacial score (nSPS) is 16.0. The highest BCUT2D eigenvalue weighted by Gasteiger charge is 2.21. The van der Waals surface area contributed by atoms with E-state index in [1.165, 1.54) is 5.56 Å². The van der Waals surface area contributed by atoms with Gasteiger partial charge in [0.2, 0.25) is 11.8 Å². The smallest absolute Gasteiger partial charge is 0.225 e. The molecule has 2 aromatic heterocycles. The van der Waals surface area contributed by atoms with Crippen LogP contribution in [-0.4, -0.2) is 51.2 Å². The third-order valence-corrected chi connectivity index (χ3v) is 4.61. The first-order chi connectivity index (χ1) is 11.9. The summed E-state index contributed by atoms with van der Waals surface area (Å²) in [5.41, 5.74) is 3.52. The number of anilines is 1. The van der Waals surface area contributed by atoms with Crippen LogP contribution >= 0.6 is 0 Å². The summed E-state index contributed by atoms with van der Waals surface area (Å²) >= 11 is 0. The first-order valence-corrected chi connectivity index (χ1v) is 9.03. The molecule has 7 nitrogen and oxygen atoms in total. The van der Waals surface area contributed by atoms with E-state index < -0.39 is 0 Å². The SMILES string of the molecule is Cc1nc(CN2CCN(c3nc(C)c(CC(C)C)c(C)n3)CC2)no1. The van der Waals surface area contributed by atoms with Crippen LogP contribution in [0.3, 0.4) is 0 Å². The zero-order valence-electron chi connectivity index (χ0n) is 15.9. The van der Waals surface area contributed by atoms with Crippen molar-refractivity contribution in [2.75, 3.05) is 31.1 Å². The van der Waals surface area contributed by atoms with Gasteiger partial charge in [0, 0.05) is 44.5 Å². The van der Waals surface area contributed by atoms with E-state index in [1.807, 2.05) is 6.92 Å². The third-order valence-electron chi connectivity index (χ3n) is 4.61. The molecule has 1 aliphatic rings. The van der Waals surface area contributed by atoms with Crippen LogP contribution in [0.15, 0.2) is 4.52 Å². The monoisotopic (exact) mass is 344 g/mol. The molecule has 0 atom stereocenters. The summed E-state index contributed by atoms with van der Waals surface area (Å²) in [4.78, 5) is 18.5. The largest absolute Gasteiger partial charge is 0.340 e. The Morgan fingerprint density at radius 1 is 0.960 bits per heavy atom. The quantitative estimate of drug-likeness (QED) is 0.824. The first kappa shape index (κ1) is 17.8. The molecule has 0 spiro atoms. The van der Waals surface area contributed by atoms with Crippen LogP contribution in [0.1, 0.15) is 42.5 Å². The van der Waals surface area contributed by atoms with Crippen molar-refractivity contribution < 1.29 is 4.52 Å². The van der Waals surface area contributed by atoms with Crippen LogP contribution in [0.25, 0.3) is 0 Å². The van der Waals surface area contributed by atoms with Crippen molar-refractivity contribution >= 4 is 5.95 Å². The van der Waals surface area contributed by atoms with Crippen LogP contribution in [0.2, 0.25) is 0 Å². The van der Waals surface area contributed by atoms with E-state index in [-0.39, 0.29) is 0 Å². The first-order valence-electron chi connectivity index (χ1n) is 9.03. The average molecular weight is 344 g/mol. The van der Waals surface area contributed by atoms with E-state index in [0.29, 0.717) is 11.8 Å². The molecule has 3 heterocycles. The highest BCUT2D eigenvalue weighted by molar-refractivity contribution is 5.37. The summed E-state index contributed by atoms with van der Waals surface area (Å²) < 4.78 is 5.04. The second-order valence-corrected chi connectivity index (χ2v) is 7.26. The van der Waals surface area contributed by atoms with E-state index in [0.717, 1.165) is 62.3 Å². The van der Waals surface area contributed by atoms with Gasteiger partial charge in [-0.1, -0.05) is 19.0 Å². The molecule has 0 radical (unpaired) electrons. The zero-order valence-corrected chi connectivity index (χ0v) is 15.9. The Balaban J connectivity index is 1.62. The minimum atomic E-state index is 0.615. The molecule has 0 N–H and O–H groups in total. The molecule has 0 amide bonds. The van der Waals surface area contributed by atoms with Gasteiger partial charge in [-0.05, 0) is 31.7 Å². The van der Waals surface area contributed by atoms with E-state index in [1.54, 1.807) is 0 Å². The molecule has 1 aliphatic heterocycles. The number of hydrogen-bond donors (Lipinski definition) is 0. The maximum Gasteiger partial charge on any atom is 0.225 e. The number of nitrogens with zero attached hydrogens (tertiary/aromatic N) is 6. The third kappa shape index (κ3) is 4.34. The minimum absolute atomic E-state index is 0.615. The highest BCUT2D eigenvalue weighted by atomic mass is 16.5. The van der Waals surface area contributed by atoms with E-state index >= 15 is 0 Å². The second-order valence-electron chi connectivity index (χ2n) is 7.26. The molecule has 0 saturated carbocycles. The Labute approximate surface area is 149 Å². The Morgan fingerprint density at radius 3 is 2.12 bits per heavy atom. The zero-order chi connectivity index (χ0) is 18.0. The molecule has 7 heteroatoms. The van der Waals surface area contributed by atoms with Crippen LogP contribution in [0, 0.1) is 26.7 Å². The topological polar surface area (TPSA) is 71.2 Å². The summed E-state index contributed by atoms with van der Waals surface area (Å²) in [5.74, 6) is 2.85. The van der Waals surface area contributed by atoms with Gasteiger partial charge in [0.15, 0.2) is 5.82 Å². The molecule has 136 valence electrons. The lowest BCUT2D eigenvalue weighted by atomic mass is 10.0. The Hall–Kier alpha value is -2.02. The van der Waals surface area contributed by atoms with Crippen LogP contribution in [0.4, 0.5) is 5.95 Å². The Morgan fingerprint density at radius 2 is 1.60 bits per heavy atom. The Kier molecular flexibility index (Phi) is 5.32. The molecule has 0 aliphatic carbocycles. The summed E-state index contributed by atoms with van der Waals surface area (Å²) in [6.45, 7) is 14.9. The molecule has 2 aromatic rings. The number of rotatable bonds is 5. The maximum atomic E-state index is 5.04. The number of aryl methyl sites for hydroxylation is 3. The summed E-state index contributed by atoms with van der Waals surface area (Å²) in [6.07, 6.45) is 1.04. The van der Waals surface area contributed by atoms with Gasteiger partial charge < -0.3 is 9.42 Å². The van der Waals surface area contributed by atoms with E-state index in [4.69, 9.17) is 14.5 Å². The standard InChI is InChI=1S/C18H28N6O/c1-12(2)10-16-13(3)19-18(20-14(16)4)24-8-6-23(7-9-24)11-17-21-15(5)25-22-17/h12H,6-11H2,1-5H3. The van der Waals surface area contributed by atoms with Crippen LogP contribution in [0.5, 0.6) is 0 Å². The second kappa shape index (κ2) is 7.47. The van der Waals surface area contributed by atoms with Crippen molar-refractivity contribution in [2.45, 2.75) is 47.6 Å². The van der Waals surface area contributed by atoms with E-state index in [9.17, 15) is 0 Å². The summed E-state index contributed by atoms with van der Waals surface area (Å²) in [5, 5.41) is 3.98. The van der Waals surface area contributed by atoms with Crippen molar-refractivity contribution in [1.29, 1.82) is 0 Å². The van der Waals surface area contributed by atoms with Gasteiger partial charge >= 0.3 is 0 Å². The Bertz CT molecular complexity index is 695. The van der Waals surface area contributed by atoms with Crippen LogP contribution < -0.4 is 4.90 Å².